The van der Waals surface area contributed by atoms with Gasteiger partial charge in [-0.05, 0) is 75.9 Å². The second kappa shape index (κ2) is 17.5. The second-order valence-corrected chi connectivity index (χ2v) is 11.1. The largest absolute Gasteiger partial charge is 0.493 e. The van der Waals surface area contributed by atoms with E-state index in [1.165, 1.54) is 25.4 Å². The van der Waals surface area contributed by atoms with E-state index in [0.717, 1.165) is 18.9 Å². The van der Waals surface area contributed by atoms with Gasteiger partial charge in [0.15, 0.2) is 23.1 Å². The molecule has 0 radical (unpaired) electrons. The van der Waals surface area contributed by atoms with E-state index in [4.69, 9.17) is 29.5 Å². The molecule has 2 amide bonds. The van der Waals surface area contributed by atoms with Gasteiger partial charge in [-0.25, -0.2) is 4.39 Å². The number of methoxy groups -OCH3 is 1. The van der Waals surface area contributed by atoms with Gasteiger partial charge in [0.25, 0.3) is 0 Å². The molecule has 2 aromatic heterocycles. The van der Waals surface area contributed by atoms with E-state index in [2.05, 4.69) is 20.6 Å². The van der Waals surface area contributed by atoms with Crippen molar-refractivity contribution >= 4 is 47.7 Å². The number of nitrogens with one attached hydrogen (secondary N) is 2. The number of nitrogens with two attached hydrogens (primary N) is 1. The van der Waals surface area contributed by atoms with Gasteiger partial charge in [-0.2, -0.15) is 0 Å². The van der Waals surface area contributed by atoms with E-state index >= 15 is 4.39 Å². The Morgan fingerprint density at radius 1 is 0.878 bits per heavy atom. The number of nitrogens with zero attached hydrogens (tertiary/aromatic N) is 2. The highest BCUT2D eigenvalue weighted by atomic mass is 19.1. The predicted octanol–water partition coefficient (Wildman–Crippen LogP) is 6.01. The summed E-state index contributed by atoms with van der Waals surface area (Å²) in [5, 5.41) is 5.97. The van der Waals surface area contributed by atoms with Crippen molar-refractivity contribution in [2.75, 3.05) is 24.4 Å². The summed E-state index contributed by atoms with van der Waals surface area (Å²) in [7, 11) is 1.53. The van der Waals surface area contributed by atoms with Crippen LogP contribution in [0, 0.1) is 11.2 Å². The third-order valence-corrected chi connectivity index (χ3v) is 7.68. The fourth-order valence-electron chi connectivity index (χ4n) is 4.42. The van der Waals surface area contributed by atoms with Gasteiger partial charge in [-0.3, -0.25) is 19.6 Å². The zero-order chi connectivity index (χ0) is 36.0. The van der Waals surface area contributed by atoms with E-state index in [0.29, 0.717) is 53.3 Å². The highest BCUT2D eigenvalue weighted by Gasteiger charge is 2.56. The van der Waals surface area contributed by atoms with Crippen LogP contribution in [0.4, 0.5) is 15.8 Å². The molecule has 2 saturated carbocycles. The highest BCUT2D eigenvalue weighted by molar-refractivity contribution is 6.16. The van der Waals surface area contributed by atoms with Gasteiger partial charge < -0.3 is 40.2 Å². The third-order valence-electron chi connectivity index (χ3n) is 7.68. The number of ether oxygens (including phenoxy) is 3. The van der Waals surface area contributed by atoms with Gasteiger partial charge in [0.2, 0.25) is 11.8 Å². The van der Waals surface area contributed by atoms with Gasteiger partial charge in [0.05, 0.1) is 30.0 Å². The number of benzene rings is 2. The normalized spacial score (nSPS) is 14.3. The number of halogens is 1. The van der Waals surface area contributed by atoms with Crippen LogP contribution >= 0.6 is 0 Å². The quantitative estimate of drug-likeness (QED) is 0.134. The Balaban J connectivity index is 0.000000747. The molecular weight excluding hydrogens is 633 g/mol. The first-order valence-corrected chi connectivity index (χ1v) is 15.2. The van der Waals surface area contributed by atoms with Gasteiger partial charge >= 0.3 is 0 Å². The standard InChI is InChI=1S/C30H28FN5O5.C4H8.2CH2O/c1-39-25-14-20-22(15-26(25)40-17-29(32)7-8-29)34-12-6-23(20)41-24-5-4-18(13-21(24)31)35-27(37)30(9-10-30)28(38)36-19-3-2-11-33-16-19;1-3-4-2;2*1-2/h2-6,11-16H,7-10,17,32H2,1H3,(H,35,37)(H,36,38);3-4H,1-2H3;2*1H2/b;4-3-;;. The molecule has 6 rings (SSSR count). The Bertz CT molecular complexity index is 1760. The van der Waals surface area contributed by atoms with Crippen LogP contribution in [0.5, 0.6) is 23.0 Å². The van der Waals surface area contributed by atoms with Crippen molar-refractivity contribution in [3.8, 4) is 23.0 Å². The van der Waals surface area contributed by atoms with Crippen molar-refractivity contribution in [2.24, 2.45) is 11.1 Å². The average Bonchev–Trinajstić information content (AvgIpc) is 4.08. The molecule has 0 unspecified atom stereocenters. The number of pyridine rings is 2. The summed E-state index contributed by atoms with van der Waals surface area (Å²) in [5.41, 5.74) is 5.92. The summed E-state index contributed by atoms with van der Waals surface area (Å²) in [5.74, 6) is -0.329. The molecule has 258 valence electrons. The summed E-state index contributed by atoms with van der Waals surface area (Å²) in [6, 6.07) is 12.5. The molecule has 0 atom stereocenters. The van der Waals surface area contributed by atoms with Crippen molar-refractivity contribution in [1.29, 1.82) is 0 Å². The topological polar surface area (TPSA) is 172 Å². The van der Waals surface area contributed by atoms with Gasteiger partial charge in [-0.1, -0.05) is 12.2 Å². The van der Waals surface area contributed by atoms with Gasteiger partial charge in [0, 0.05) is 35.6 Å². The fraction of sp³-hybridized carbons (Fsp3) is 0.278. The average molecular weight is 674 g/mol. The number of fused-ring (bicyclic) bond motifs is 1. The van der Waals surface area contributed by atoms with Gasteiger partial charge in [-0.15, -0.1) is 0 Å². The fourth-order valence-corrected chi connectivity index (χ4v) is 4.42. The Kier molecular flexibility index (Phi) is 13.5. The van der Waals surface area contributed by atoms with Crippen molar-refractivity contribution in [3.63, 3.8) is 0 Å². The summed E-state index contributed by atoms with van der Waals surface area (Å²) in [6.07, 6.45) is 11.3. The molecule has 49 heavy (non-hydrogen) atoms. The smallest absolute Gasteiger partial charge is 0.240 e. The Morgan fingerprint density at radius 3 is 2.10 bits per heavy atom. The van der Waals surface area contributed by atoms with Crippen LogP contribution in [0.2, 0.25) is 0 Å². The van der Waals surface area contributed by atoms with Crippen molar-refractivity contribution in [3.05, 3.63) is 85.1 Å². The molecule has 2 aliphatic carbocycles. The highest BCUT2D eigenvalue weighted by Crippen LogP contribution is 2.47. The Hall–Kier alpha value is -5.69. The Morgan fingerprint density at radius 2 is 1.55 bits per heavy atom. The maximum atomic E-state index is 15.1. The summed E-state index contributed by atoms with van der Waals surface area (Å²) < 4.78 is 32.5. The lowest BCUT2D eigenvalue weighted by Gasteiger charge is -2.17. The van der Waals surface area contributed by atoms with Crippen LogP contribution in [0.3, 0.4) is 0 Å². The molecular formula is C36H40FN5O7. The molecule has 0 bridgehead atoms. The molecule has 2 aliphatic rings. The molecule has 4 aromatic rings. The number of hydrogen-bond acceptors (Lipinski definition) is 10. The first-order chi connectivity index (χ1) is 23.7. The monoisotopic (exact) mass is 673 g/mol. The molecule has 2 aromatic carbocycles. The molecule has 12 nitrogen and oxygen atoms in total. The maximum Gasteiger partial charge on any atom is 0.240 e. The molecule has 0 saturated heterocycles. The van der Waals surface area contributed by atoms with Crippen molar-refractivity contribution in [2.45, 2.75) is 45.1 Å². The molecule has 0 aliphatic heterocycles. The number of carbonyl (C=O) groups is 4. The number of allylic oxidation sites excluding steroid dienone is 2. The van der Waals surface area contributed by atoms with Crippen LogP contribution in [0.15, 0.2) is 79.3 Å². The van der Waals surface area contributed by atoms with Crippen LogP contribution in [-0.4, -0.2) is 54.6 Å². The summed E-state index contributed by atoms with van der Waals surface area (Å²) in [4.78, 5) is 50.1. The molecule has 2 heterocycles. The van der Waals surface area contributed by atoms with Gasteiger partial charge in [0.1, 0.15) is 31.3 Å². The zero-order valence-electron chi connectivity index (χ0n) is 27.7. The minimum atomic E-state index is -1.21. The minimum Gasteiger partial charge on any atom is -0.493 e. The second-order valence-electron chi connectivity index (χ2n) is 11.1. The van der Waals surface area contributed by atoms with E-state index in [1.54, 1.807) is 42.7 Å². The minimum absolute atomic E-state index is 0.0518. The van der Waals surface area contributed by atoms with Crippen LogP contribution in [0.25, 0.3) is 10.9 Å². The lowest BCUT2D eigenvalue weighted by atomic mass is 10.0. The van der Waals surface area contributed by atoms with Crippen molar-refractivity contribution < 1.29 is 37.8 Å². The SMILES string of the molecule is C/C=C\C.C=O.C=O.COc1cc2c(Oc3ccc(NC(=O)C4(C(=O)Nc5cccnc5)CC4)cc3F)ccnc2cc1OCC1(N)CC1. The van der Waals surface area contributed by atoms with E-state index in [1.807, 2.05) is 39.6 Å². The number of amides is 2. The number of anilines is 2. The molecule has 4 N–H and O–H groups in total. The lowest BCUT2D eigenvalue weighted by molar-refractivity contribution is -0.131. The third kappa shape index (κ3) is 9.67. The first kappa shape index (κ1) is 37.8. The van der Waals surface area contributed by atoms with Crippen LogP contribution in [0.1, 0.15) is 39.5 Å². The molecule has 2 fully saturated rings. The van der Waals surface area contributed by atoms with Crippen LogP contribution in [-0.2, 0) is 19.2 Å². The summed E-state index contributed by atoms with van der Waals surface area (Å²) in [6.45, 7) is 8.37. The number of rotatable bonds is 10. The zero-order valence-corrected chi connectivity index (χ0v) is 27.7. The number of hydrogen-bond donors (Lipinski definition) is 3. The lowest BCUT2D eigenvalue weighted by Crippen LogP contribution is -2.35. The number of carbonyl (C=O) groups excluding carboxylic acids is 4. The predicted molar refractivity (Wildman–Crippen MR) is 184 cm³/mol. The van der Waals surface area contributed by atoms with E-state index in [-0.39, 0.29) is 17.0 Å². The summed E-state index contributed by atoms with van der Waals surface area (Å²) >= 11 is 0. The Labute approximate surface area is 283 Å². The van der Waals surface area contributed by atoms with E-state index < -0.39 is 23.0 Å². The van der Waals surface area contributed by atoms with E-state index in [9.17, 15) is 9.59 Å². The number of aromatic nitrogens is 2. The molecule has 13 heteroatoms. The maximum absolute atomic E-state index is 15.1. The first-order valence-electron chi connectivity index (χ1n) is 15.2. The van der Waals surface area contributed by atoms with Crippen LogP contribution < -0.4 is 30.6 Å². The van der Waals surface area contributed by atoms with Crippen molar-refractivity contribution in [1.82, 2.24) is 9.97 Å². The molecule has 0 spiro atoms.